The molecule has 1 aromatic carbocycles. The molecule has 0 bridgehead atoms. The van der Waals surface area contributed by atoms with Gasteiger partial charge in [0.1, 0.15) is 16.6 Å². The van der Waals surface area contributed by atoms with Gasteiger partial charge in [-0.1, -0.05) is 35.3 Å². The standard InChI is InChI=1S/C13H14Cl2N2O/c1-2-4-11(13-16-7-8-17-13)18-10-6-3-5-9(14)12(10)15/h2-3,5-6,11H,1,4,7-8H2,(H,16,17). The predicted octanol–water partition coefficient (Wildman–Crippen LogP) is 3.32. The summed E-state index contributed by atoms with van der Waals surface area (Å²) in [5.74, 6) is 1.40. The average molecular weight is 285 g/mol. The van der Waals surface area contributed by atoms with Gasteiger partial charge in [-0.2, -0.15) is 0 Å². The van der Waals surface area contributed by atoms with E-state index in [1.807, 2.05) is 0 Å². The normalized spacial score (nSPS) is 15.8. The molecule has 1 atom stereocenters. The molecule has 0 amide bonds. The lowest BCUT2D eigenvalue weighted by Crippen LogP contribution is -2.35. The third-order valence-corrected chi connectivity index (χ3v) is 3.37. The highest BCUT2D eigenvalue weighted by molar-refractivity contribution is 6.42. The first-order chi connectivity index (χ1) is 8.72. The molecule has 1 aliphatic rings. The summed E-state index contributed by atoms with van der Waals surface area (Å²) in [4.78, 5) is 4.36. The van der Waals surface area contributed by atoms with Gasteiger partial charge in [-0.25, -0.2) is 0 Å². The van der Waals surface area contributed by atoms with Crippen LogP contribution < -0.4 is 10.1 Å². The molecule has 2 rings (SSSR count). The zero-order valence-corrected chi connectivity index (χ0v) is 11.3. The van der Waals surface area contributed by atoms with Crippen molar-refractivity contribution in [2.45, 2.75) is 12.5 Å². The van der Waals surface area contributed by atoms with E-state index in [1.165, 1.54) is 0 Å². The van der Waals surface area contributed by atoms with Gasteiger partial charge in [-0.3, -0.25) is 4.99 Å². The van der Waals surface area contributed by atoms with Crippen LogP contribution in [0.15, 0.2) is 35.8 Å². The summed E-state index contributed by atoms with van der Waals surface area (Å²) in [5.41, 5.74) is 0. The zero-order valence-electron chi connectivity index (χ0n) is 9.83. The van der Waals surface area contributed by atoms with Crippen molar-refractivity contribution < 1.29 is 4.74 Å². The molecule has 0 aliphatic carbocycles. The number of halogens is 2. The van der Waals surface area contributed by atoms with Gasteiger partial charge in [-0.15, -0.1) is 6.58 Å². The maximum atomic E-state index is 6.10. The van der Waals surface area contributed by atoms with Gasteiger partial charge >= 0.3 is 0 Å². The molecule has 1 unspecified atom stereocenters. The fourth-order valence-corrected chi connectivity index (χ4v) is 2.06. The van der Waals surface area contributed by atoms with E-state index in [0.717, 1.165) is 18.9 Å². The summed E-state index contributed by atoms with van der Waals surface area (Å²) in [7, 11) is 0. The molecule has 5 heteroatoms. The van der Waals surface area contributed by atoms with Crippen LogP contribution >= 0.6 is 23.2 Å². The minimum atomic E-state index is -0.194. The molecule has 1 heterocycles. The predicted molar refractivity (Wildman–Crippen MR) is 76.0 cm³/mol. The first-order valence-electron chi connectivity index (χ1n) is 5.72. The van der Waals surface area contributed by atoms with Crippen molar-refractivity contribution in [3.8, 4) is 5.75 Å². The second-order valence-electron chi connectivity index (χ2n) is 3.88. The summed E-state index contributed by atoms with van der Waals surface area (Å²) >= 11 is 12.1. The molecule has 3 nitrogen and oxygen atoms in total. The van der Waals surface area contributed by atoms with Gasteiger partial charge in [0.2, 0.25) is 0 Å². The van der Waals surface area contributed by atoms with Crippen LogP contribution in [0.5, 0.6) is 5.75 Å². The van der Waals surface area contributed by atoms with Crippen LogP contribution in [0.2, 0.25) is 10.0 Å². The first kappa shape index (κ1) is 13.2. The number of aliphatic imine (C=N–C) groups is 1. The van der Waals surface area contributed by atoms with Crippen molar-refractivity contribution in [1.29, 1.82) is 0 Å². The number of amidine groups is 1. The molecule has 0 saturated carbocycles. The lowest BCUT2D eigenvalue weighted by molar-refractivity contribution is 0.267. The SMILES string of the molecule is C=CCC(Oc1cccc(Cl)c1Cl)C1=NCCN1. The third kappa shape index (κ3) is 2.98. The zero-order chi connectivity index (χ0) is 13.0. The fourth-order valence-electron chi connectivity index (χ4n) is 1.73. The van der Waals surface area contributed by atoms with Crippen molar-refractivity contribution in [3.05, 3.63) is 40.9 Å². The maximum absolute atomic E-state index is 6.10. The number of nitrogens with one attached hydrogen (secondary N) is 1. The Morgan fingerprint density at radius 1 is 1.50 bits per heavy atom. The fraction of sp³-hybridized carbons (Fsp3) is 0.308. The van der Waals surface area contributed by atoms with Crippen LogP contribution in [-0.2, 0) is 0 Å². The molecule has 0 aromatic heterocycles. The largest absolute Gasteiger partial charge is 0.481 e. The monoisotopic (exact) mass is 284 g/mol. The van der Waals surface area contributed by atoms with Gasteiger partial charge in [0.05, 0.1) is 11.6 Å². The Balaban J connectivity index is 2.17. The maximum Gasteiger partial charge on any atom is 0.159 e. The molecule has 0 spiro atoms. The summed E-state index contributed by atoms with van der Waals surface area (Å²) < 4.78 is 5.87. The summed E-state index contributed by atoms with van der Waals surface area (Å²) in [6.07, 6.45) is 2.27. The lowest BCUT2D eigenvalue weighted by atomic mass is 10.2. The van der Waals surface area contributed by atoms with Crippen molar-refractivity contribution in [2.24, 2.45) is 4.99 Å². The Hall–Kier alpha value is -1.19. The number of benzene rings is 1. The van der Waals surface area contributed by atoms with Crippen LogP contribution in [0.3, 0.4) is 0 Å². The van der Waals surface area contributed by atoms with Crippen molar-refractivity contribution in [3.63, 3.8) is 0 Å². The Morgan fingerprint density at radius 2 is 2.33 bits per heavy atom. The Bertz CT molecular complexity index is 474. The van der Waals surface area contributed by atoms with Crippen molar-refractivity contribution in [1.82, 2.24) is 5.32 Å². The van der Waals surface area contributed by atoms with Crippen LogP contribution in [0.25, 0.3) is 0 Å². The van der Waals surface area contributed by atoms with Crippen molar-refractivity contribution >= 4 is 29.0 Å². The summed E-state index contributed by atoms with van der Waals surface area (Å²) in [6.45, 7) is 5.35. The highest BCUT2D eigenvalue weighted by Crippen LogP contribution is 2.32. The van der Waals surface area contributed by atoms with E-state index in [9.17, 15) is 0 Å². The molecule has 1 aliphatic heterocycles. The number of hydrogen-bond acceptors (Lipinski definition) is 3. The van der Waals surface area contributed by atoms with Crippen LogP contribution in [0.1, 0.15) is 6.42 Å². The minimum Gasteiger partial charge on any atom is -0.481 e. The second-order valence-corrected chi connectivity index (χ2v) is 4.66. The van der Waals surface area contributed by atoms with Crippen LogP contribution in [0, 0.1) is 0 Å². The van der Waals surface area contributed by atoms with Crippen LogP contribution in [-0.4, -0.2) is 25.0 Å². The number of ether oxygens (including phenoxy) is 1. The van der Waals surface area contributed by atoms with Crippen molar-refractivity contribution in [2.75, 3.05) is 13.1 Å². The van der Waals surface area contributed by atoms with E-state index in [2.05, 4.69) is 16.9 Å². The number of nitrogens with zero attached hydrogens (tertiary/aromatic N) is 1. The van der Waals surface area contributed by atoms with E-state index in [0.29, 0.717) is 22.2 Å². The van der Waals surface area contributed by atoms with Gasteiger partial charge < -0.3 is 10.1 Å². The second kappa shape index (κ2) is 6.12. The van der Waals surface area contributed by atoms with Gasteiger partial charge in [0.15, 0.2) is 6.10 Å². The molecule has 1 aromatic rings. The number of rotatable bonds is 5. The van der Waals surface area contributed by atoms with Gasteiger partial charge in [-0.05, 0) is 12.1 Å². The topological polar surface area (TPSA) is 33.6 Å². The summed E-state index contributed by atoms with van der Waals surface area (Å²) in [6, 6.07) is 5.32. The Morgan fingerprint density at radius 3 is 3.00 bits per heavy atom. The molecular formula is C13H14Cl2N2O. The Labute approximate surface area is 116 Å². The highest BCUT2D eigenvalue weighted by atomic mass is 35.5. The van der Waals surface area contributed by atoms with Gasteiger partial charge in [0, 0.05) is 13.0 Å². The molecule has 18 heavy (non-hydrogen) atoms. The molecular weight excluding hydrogens is 271 g/mol. The molecule has 96 valence electrons. The highest BCUT2D eigenvalue weighted by Gasteiger charge is 2.20. The summed E-state index contributed by atoms with van der Waals surface area (Å²) in [5, 5.41) is 4.10. The van der Waals surface area contributed by atoms with E-state index in [4.69, 9.17) is 27.9 Å². The van der Waals surface area contributed by atoms with E-state index < -0.39 is 0 Å². The van der Waals surface area contributed by atoms with Crippen LogP contribution in [0.4, 0.5) is 0 Å². The third-order valence-electron chi connectivity index (χ3n) is 2.57. The minimum absolute atomic E-state index is 0.194. The smallest absolute Gasteiger partial charge is 0.159 e. The lowest BCUT2D eigenvalue weighted by Gasteiger charge is -2.19. The first-order valence-corrected chi connectivity index (χ1v) is 6.47. The van der Waals surface area contributed by atoms with E-state index in [1.54, 1.807) is 24.3 Å². The molecule has 1 N–H and O–H groups in total. The Kier molecular flexibility index (Phi) is 4.50. The molecule has 0 radical (unpaired) electrons. The molecule has 0 fully saturated rings. The molecule has 0 saturated heterocycles. The number of hydrogen-bond donors (Lipinski definition) is 1. The van der Waals surface area contributed by atoms with E-state index >= 15 is 0 Å². The quantitative estimate of drug-likeness (QED) is 0.842. The van der Waals surface area contributed by atoms with Gasteiger partial charge in [0.25, 0.3) is 0 Å². The van der Waals surface area contributed by atoms with E-state index in [-0.39, 0.29) is 6.10 Å². The average Bonchev–Trinajstić information content (AvgIpc) is 2.88.